The Hall–Kier alpha value is -1.25. The van der Waals surface area contributed by atoms with E-state index in [2.05, 4.69) is 26.1 Å². The predicted molar refractivity (Wildman–Crippen MR) is 81.9 cm³/mol. The lowest BCUT2D eigenvalue weighted by Gasteiger charge is -2.35. The van der Waals surface area contributed by atoms with Crippen LogP contribution >= 0.6 is 15.9 Å². The first-order valence-corrected chi connectivity index (χ1v) is 9.36. The Labute approximate surface area is 136 Å². The Morgan fingerprint density at radius 3 is 2.45 bits per heavy atom. The number of aromatic nitrogens is 2. The van der Waals surface area contributed by atoms with E-state index in [9.17, 15) is 8.42 Å². The summed E-state index contributed by atoms with van der Waals surface area (Å²) in [5, 5.41) is 3.98. The zero-order valence-corrected chi connectivity index (χ0v) is 14.0. The maximum absolute atomic E-state index is 12.5. The number of halogens is 1. The first-order valence-electron chi connectivity index (χ1n) is 7.13. The van der Waals surface area contributed by atoms with Gasteiger partial charge in [-0.25, -0.2) is 8.42 Å². The first-order chi connectivity index (χ1) is 10.5. The van der Waals surface area contributed by atoms with Crippen LogP contribution < -0.4 is 0 Å². The Kier molecular flexibility index (Phi) is 3.35. The van der Waals surface area contributed by atoms with Crippen molar-refractivity contribution in [2.45, 2.75) is 29.6 Å². The van der Waals surface area contributed by atoms with Gasteiger partial charge in [0.25, 0.3) is 0 Å². The van der Waals surface area contributed by atoms with Gasteiger partial charge in [-0.3, -0.25) is 0 Å². The van der Waals surface area contributed by atoms with Gasteiger partial charge >= 0.3 is 0 Å². The minimum Gasteiger partial charge on any atom is -0.339 e. The molecule has 2 fully saturated rings. The molecule has 2 aliphatic rings. The smallest absolute Gasteiger partial charge is 0.243 e. The lowest BCUT2D eigenvalue weighted by molar-refractivity contribution is 0.216. The monoisotopic (exact) mass is 383 g/mol. The van der Waals surface area contributed by atoms with E-state index in [0.717, 1.165) is 23.1 Å². The van der Waals surface area contributed by atoms with Crippen molar-refractivity contribution in [3.8, 4) is 0 Å². The summed E-state index contributed by atoms with van der Waals surface area (Å²) in [5.74, 6) is 1.78. The summed E-state index contributed by atoms with van der Waals surface area (Å²) in [6.45, 7) is 0.787. The Bertz CT molecular complexity index is 793. The number of hydrogen-bond acceptors (Lipinski definition) is 5. The molecule has 1 aliphatic carbocycles. The molecule has 0 atom stereocenters. The van der Waals surface area contributed by atoms with Gasteiger partial charge < -0.3 is 4.52 Å². The van der Waals surface area contributed by atoms with E-state index in [0.29, 0.717) is 29.8 Å². The Morgan fingerprint density at radius 2 is 1.82 bits per heavy atom. The van der Waals surface area contributed by atoms with Crippen LogP contribution in [0.1, 0.15) is 36.4 Å². The summed E-state index contributed by atoms with van der Waals surface area (Å²) in [4.78, 5) is 4.69. The quantitative estimate of drug-likeness (QED) is 0.810. The van der Waals surface area contributed by atoms with Crippen LogP contribution in [0.2, 0.25) is 0 Å². The number of benzene rings is 1. The molecule has 0 bridgehead atoms. The Balaban J connectivity index is 1.46. The van der Waals surface area contributed by atoms with Crippen molar-refractivity contribution in [1.29, 1.82) is 0 Å². The molecule has 22 heavy (non-hydrogen) atoms. The normalized spacial score (nSPS) is 20.0. The number of nitrogens with zero attached hydrogens (tertiary/aromatic N) is 3. The van der Waals surface area contributed by atoms with Crippen LogP contribution in [-0.4, -0.2) is 36.0 Å². The third-order valence-corrected chi connectivity index (χ3v) is 6.42. The van der Waals surface area contributed by atoms with Gasteiger partial charge in [0.1, 0.15) is 0 Å². The van der Waals surface area contributed by atoms with Gasteiger partial charge in [-0.2, -0.15) is 9.29 Å². The largest absolute Gasteiger partial charge is 0.339 e. The molecule has 1 aromatic carbocycles. The topological polar surface area (TPSA) is 76.3 Å². The van der Waals surface area contributed by atoms with Crippen LogP contribution in [-0.2, 0) is 10.0 Å². The molecule has 8 heteroatoms. The minimum absolute atomic E-state index is 0.00484. The van der Waals surface area contributed by atoms with Gasteiger partial charge in [0, 0.05) is 23.5 Å². The van der Waals surface area contributed by atoms with Gasteiger partial charge in [0.15, 0.2) is 5.82 Å². The molecular weight excluding hydrogens is 370 g/mol. The second-order valence-electron chi connectivity index (χ2n) is 5.74. The molecule has 116 valence electrons. The maximum Gasteiger partial charge on any atom is 0.243 e. The average molecular weight is 384 g/mol. The molecule has 0 spiro atoms. The van der Waals surface area contributed by atoms with E-state index in [1.165, 1.54) is 4.31 Å². The van der Waals surface area contributed by atoms with Crippen LogP contribution in [0.25, 0.3) is 0 Å². The third kappa shape index (κ3) is 2.49. The molecule has 1 aliphatic heterocycles. The summed E-state index contributed by atoms with van der Waals surface area (Å²) in [5.41, 5.74) is 0. The maximum atomic E-state index is 12.5. The Morgan fingerprint density at radius 1 is 1.14 bits per heavy atom. The molecule has 0 amide bonds. The van der Waals surface area contributed by atoms with Gasteiger partial charge in [0.05, 0.1) is 10.8 Å². The molecule has 0 radical (unpaired) electrons. The van der Waals surface area contributed by atoms with Crippen LogP contribution in [0.3, 0.4) is 0 Å². The van der Waals surface area contributed by atoms with Crippen molar-refractivity contribution in [3.05, 3.63) is 40.5 Å². The van der Waals surface area contributed by atoms with E-state index in [4.69, 9.17) is 4.52 Å². The fourth-order valence-corrected chi connectivity index (χ4v) is 4.26. The van der Waals surface area contributed by atoms with Crippen molar-refractivity contribution in [2.75, 3.05) is 13.1 Å². The van der Waals surface area contributed by atoms with E-state index in [-0.39, 0.29) is 5.92 Å². The van der Waals surface area contributed by atoms with Crippen LogP contribution in [0, 0.1) is 0 Å². The number of hydrogen-bond donors (Lipinski definition) is 0. The van der Waals surface area contributed by atoms with Crippen molar-refractivity contribution in [2.24, 2.45) is 0 Å². The van der Waals surface area contributed by atoms with Gasteiger partial charge in [-0.15, -0.1) is 0 Å². The van der Waals surface area contributed by atoms with E-state index in [1.54, 1.807) is 24.3 Å². The highest BCUT2D eigenvalue weighted by molar-refractivity contribution is 9.10. The third-order valence-electron chi connectivity index (χ3n) is 4.05. The minimum atomic E-state index is -3.43. The molecule has 0 N–H and O–H groups in total. The summed E-state index contributed by atoms with van der Waals surface area (Å²) >= 11 is 3.30. The molecule has 1 saturated heterocycles. The summed E-state index contributed by atoms with van der Waals surface area (Å²) in [7, 11) is -3.43. The second kappa shape index (κ2) is 5.14. The molecule has 4 rings (SSSR count). The first kappa shape index (κ1) is 14.3. The predicted octanol–water partition coefficient (Wildman–Crippen LogP) is 2.50. The fraction of sp³-hybridized carbons (Fsp3) is 0.429. The number of rotatable bonds is 4. The highest BCUT2D eigenvalue weighted by Gasteiger charge is 2.41. The van der Waals surface area contributed by atoms with Crippen LogP contribution in [0.4, 0.5) is 0 Å². The summed E-state index contributed by atoms with van der Waals surface area (Å²) < 4.78 is 32.5. The second-order valence-corrected chi connectivity index (χ2v) is 8.59. The highest BCUT2D eigenvalue weighted by Crippen LogP contribution is 2.39. The summed E-state index contributed by atoms with van der Waals surface area (Å²) in [6, 6.07) is 6.66. The fourth-order valence-electron chi connectivity index (χ4n) is 2.47. The SMILES string of the molecule is O=S(=O)(c1ccc(Br)cc1)N1CC(c2nc(C3CC3)no2)C1. The van der Waals surface area contributed by atoms with Gasteiger partial charge in [0.2, 0.25) is 15.9 Å². The van der Waals surface area contributed by atoms with Crippen molar-refractivity contribution < 1.29 is 12.9 Å². The lowest BCUT2D eigenvalue weighted by Crippen LogP contribution is -2.48. The molecular formula is C14H14BrN3O3S. The molecule has 2 aromatic rings. The average Bonchev–Trinajstić information content (AvgIpc) is 3.17. The molecule has 2 heterocycles. The van der Waals surface area contributed by atoms with E-state index in [1.807, 2.05) is 0 Å². The molecule has 6 nitrogen and oxygen atoms in total. The van der Waals surface area contributed by atoms with Crippen molar-refractivity contribution >= 4 is 26.0 Å². The molecule has 0 unspecified atom stereocenters. The van der Waals surface area contributed by atoms with Crippen LogP contribution in [0.15, 0.2) is 38.2 Å². The standard InChI is InChI=1S/C14H14BrN3O3S/c15-11-3-5-12(6-4-11)22(19,20)18-7-10(8-18)14-16-13(17-21-14)9-1-2-9/h3-6,9-10H,1-2,7-8H2. The van der Waals surface area contributed by atoms with Crippen molar-refractivity contribution in [1.82, 2.24) is 14.4 Å². The summed E-state index contributed by atoms with van der Waals surface area (Å²) in [6.07, 6.45) is 2.24. The van der Waals surface area contributed by atoms with Gasteiger partial charge in [-0.05, 0) is 37.1 Å². The molecule has 1 aromatic heterocycles. The van der Waals surface area contributed by atoms with Gasteiger partial charge in [-0.1, -0.05) is 21.1 Å². The lowest BCUT2D eigenvalue weighted by atomic mass is 10.0. The molecule has 1 saturated carbocycles. The van der Waals surface area contributed by atoms with Crippen LogP contribution in [0.5, 0.6) is 0 Å². The highest BCUT2D eigenvalue weighted by atomic mass is 79.9. The zero-order chi connectivity index (χ0) is 15.3. The zero-order valence-electron chi connectivity index (χ0n) is 11.6. The van der Waals surface area contributed by atoms with E-state index < -0.39 is 10.0 Å². The number of sulfonamides is 1. The van der Waals surface area contributed by atoms with Crippen molar-refractivity contribution in [3.63, 3.8) is 0 Å². The van der Waals surface area contributed by atoms with E-state index >= 15 is 0 Å².